The van der Waals surface area contributed by atoms with Crippen molar-refractivity contribution in [3.05, 3.63) is 17.0 Å². The summed E-state index contributed by atoms with van der Waals surface area (Å²) in [7, 11) is 1.66. The Morgan fingerprint density at radius 1 is 1.53 bits per heavy atom. The van der Waals surface area contributed by atoms with Gasteiger partial charge in [-0.3, -0.25) is 4.79 Å². The first-order chi connectivity index (χ1) is 8.13. The predicted octanol–water partition coefficient (Wildman–Crippen LogP) is 2.14. The molecule has 1 aromatic rings. The maximum Gasteiger partial charge on any atom is 0.228 e. The number of nitrogens with zero attached hydrogens (tertiary/aromatic N) is 2. The normalized spacial score (nSPS) is 17.3. The van der Waals surface area contributed by atoms with Crippen LogP contribution in [0.4, 0.5) is 5.82 Å². The molecule has 5 nitrogen and oxygen atoms in total. The highest BCUT2D eigenvalue weighted by Crippen LogP contribution is 2.38. The summed E-state index contributed by atoms with van der Waals surface area (Å²) in [6, 6.07) is 0. The zero-order valence-corrected chi connectivity index (χ0v) is 11.2. The summed E-state index contributed by atoms with van der Waals surface area (Å²) in [5, 5.41) is 2.71. The molecule has 0 radical (unpaired) electrons. The first-order valence-electron chi connectivity index (χ1n) is 5.46. The van der Waals surface area contributed by atoms with Gasteiger partial charge in [0.2, 0.25) is 5.91 Å². The van der Waals surface area contributed by atoms with Gasteiger partial charge in [-0.1, -0.05) is 0 Å². The molecule has 1 aliphatic carbocycles. The predicted molar refractivity (Wildman–Crippen MR) is 66.6 cm³/mol. The Morgan fingerprint density at radius 3 is 2.76 bits per heavy atom. The van der Waals surface area contributed by atoms with Gasteiger partial charge in [-0.2, -0.15) is 0 Å². The summed E-state index contributed by atoms with van der Waals surface area (Å²) in [5.74, 6) is 0.381. The van der Waals surface area contributed by atoms with Crippen molar-refractivity contribution in [1.82, 2.24) is 9.97 Å². The number of halogens is 1. The van der Waals surface area contributed by atoms with Crippen LogP contribution in [-0.4, -0.2) is 28.6 Å². The van der Waals surface area contributed by atoms with Gasteiger partial charge in [0.05, 0.1) is 24.4 Å². The smallest absolute Gasteiger partial charge is 0.228 e. The molecule has 0 unspecified atom stereocenters. The van der Waals surface area contributed by atoms with E-state index in [1.807, 2.05) is 0 Å². The molecule has 1 aliphatic rings. The summed E-state index contributed by atoms with van der Waals surface area (Å²) in [4.78, 5) is 19.8. The Kier molecular flexibility index (Phi) is 3.73. The molecule has 92 valence electrons. The van der Waals surface area contributed by atoms with E-state index >= 15 is 0 Å². The molecule has 2 rings (SSSR count). The number of amides is 1. The molecular weight excluding hydrogens is 286 g/mol. The highest BCUT2D eigenvalue weighted by molar-refractivity contribution is 9.10. The van der Waals surface area contributed by atoms with Gasteiger partial charge in [0.15, 0.2) is 5.82 Å². The van der Waals surface area contributed by atoms with Gasteiger partial charge in [0.1, 0.15) is 4.60 Å². The Balaban J connectivity index is 1.91. The second-order valence-electron chi connectivity index (χ2n) is 4.19. The molecule has 0 aliphatic heterocycles. The minimum Gasteiger partial charge on any atom is -0.378 e. The van der Waals surface area contributed by atoms with Crippen LogP contribution in [0.5, 0.6) is 0 Å². The topological polar surface area (TPSA) is 64.1 Å². The van der Waals surface area contributed by atoms with Crippen LogP contribution < -0.4 is 5.32 Å². The van der Waals surface area contributed by atoms with Gasteiger partial charge >= 0.3 is 0 Å². The van der Waals surface area contributed by atoms with Crippen LogP contribution in [0, 0.1) is 0 Å². The lowest BCUT2D eigenvalue weighted by atomic mass is 9.77. The maximum absolute atomic E-state index is 11.8. The average molecular weight is 300 g/mol. The number of ether oxygens (including phenoxy) is 1. The van der Waals surface area contributed by atoms with Crippen LogP contribution in [0.1, 0.15) is 25.7 Å². The molecule has 1 heterocycles. The second kappa shape index (κ2) is 5.10. The number of carbonyl (C=O) groups is 1. The second-order valence-corrected chi connectivity index (χ2v) is 5.00. The lowest BCUT2D eigenvalue weighted by Crippen LogP contribution is -2.42. The van der Waals surface area contributed by atoms with E-state index in [4.69, 9.17) is 4.74 Å². The van der Waals surface area contributed by atoms with Crippen LogP contribution in [0.25, 0.3) is 0 Å². The van der Waals surface area contributed by atoms with E-state index in [-0.39, 0.29) is 11.5 Å². The number of hydrogen-bond donors (Lipinski definition) is 1. The summed E-state index contributed by atoms with van der Waals surface area (Å²) in [6.07, 6.45) is 6.46. The summed E-state index contributed by atoms with van der Waals surface area (Å²) >= 11 is 3.19. The number of aromatic nitrogens is 2. The molecule has 0 spiro atoms. The molecule has 1 amide bonds. The van der Waals surface area contributed by atoms with Gasteiger partial charge in [0.25, 0.3) is 0 Å². The van der Waals surface area contributed by atoms with Crippen LogP contribution >= 0.6 is 15.9 Å². The van der Waals surface area contributed by atoms with Gasteiger partial charge in [-0.05, 0) is 35.2 Å². The molecule has 1 fully saturated rings. The number of hydrogen-bond acceptors (Lipinski definition) is 4. The van der Waals surface area contributed by atoms with Gasteiger partial charge < -0.3 is 10.1 Å². The molecule has 0 aromatic carbocycles. The largest absolute Gasteiger partial charge is 0.378 e. The Labute approximate surface area is 108 Å². The fourth-order valence-electron chi connectivity index (χ4n) is 1.88. The van der Waals surface area contributed by atoms with Crippen molar-refractivity contribution >= 4 is 27.7 Å². The Morgan fingerprint density at radius 2 is 2.29 bits per heavy atom. The first kappa shape index (κ1) is 12.4. The van der Waals surface area contributed by atoms with Crippen molar-refractivity contribution in [3.8, 4) is 0 Å². The number of anilines is 1. The van der Waals surface area contributed by atoms with Crippen LogP contribution in [0.2, 0.25) is 0 Å². The molecular formula is C11H14BrN3O2. The number of rotatable bonds is 4. The molecule has 0 bridgehead atoms. The van der Waals surface area contributed by atoms with E-state index in [0.29, 0.717) is 16.8 Å². The van der Waals surface area contributed by atoms with Crippen molar-refractivity contribution in [2.45, 2.75) is 31.3 Å². The van der Waals surface area contributed by atoms with Gasteiger partial charge in [-0.15, -0.1) is 0 Å². The lowest BCUT2D eigenvalue weighted by Gasteiger charge is -2.39. The van der Waals surface area contributed by atoms with Crippen molar-refractivity contribution in [2.75, 3.05) is 12.4 Å². The van der Waals surface area contributed by atoms with Crippen LogP contribution in [0.3, 0.4) is 0 Å². The van der Waals surface area contributed by atoms with Gasteiger partial charge in [-0.25, -0.2) is 9.97 Å². The van der Waals surface area contributed by atoms with Crippen molar-refractivity contribution in [3.63, 3.8) is 0 Å². The summed E-state index contributed by atoms with van der Waals surface area (Å²) < 4.78 is 6.04. The minimum atomic E-state index is -0.257. The fraction of sp³-hybridized carbons (Fsp3) is 0.545. The third-order valence-corrected chi connectivity index (χ3v) is 3.48. The summed E-state index contributed by atoms with van der Waals surface area (Å²) in [5.41, 5.74) is -0.257. The van der Waals surface area contributed by atoms with Crippen LogP contribution in [-0.2, 0) is 9.53 Å². The van der Waals surface area contributed by atoms with Gasteiger partial charge in [0, 0.05) is 7.11 Å². The van der Waals surface area contributed by atoms with Crippen molar-refractivity contribution in [1.29, 1.82) is 0 Å². The molecule has 17 heavy (non-hydrogen) atoms. The molecule has 1 aromatic heterocycles. The summed E-state index contributed by atoms with van der Waals surface area (Å²) in [6.45, 7) is 0. The maximum atomic E-state index is 11.8. The zero-order chi connectivity index (χ0) is 12.3. The van der Waals surface area contributed by atoms with E-state index in [1.165, 1.54) is 6.20 Å². The fourth-order valence-corrected chi connectivity index (χ4v) is 2.09. The lowest BCUT2D eigenvalue weighted by molar-refractivity contribution is -0.129. The van der Waals surface area contributed by atoms with Crippen molar-refractivity contribution in [2.24, 2.45) is 0 Å². The Hall–Kier alpha value is -1.01. The molecule has 1 N–H and O–H groups in total. The van der Waals surface area contributed by atoms with E-state index in [9.17, 15) is 4.79 Å². The number of carbonyl (C=O) groups excluding carboxylic acids is 1. The SMILES string of the molecule is COC1(CC(=O)Nc2cnc(Br)cn2)CCC1. The van der Waals surface area contributed by atoms with E-state index in [1.54, 1.807) is 13.3 Å². The highest BCUT2D eigenvalue weighted by atomic mass is 79.9. The standard InChI is InChI=1S/C11H14BrN3O2/c1-17-11(3-2-4-11)5-10(16)15-9-7-13-8(12)6-14-9/h6-7H,2-5H2,1H3,(H,14,15,16). The van der Waals surface area contributed by atoms with E-state index < -0.39 is 0 Å². The zero-order valence-electron chi connectivity index (χ0n) is 9.57. The average Bonchev–Trinajstić information content (AvgIpc) is 2.27. The van der Waals surface area contributed by atoms with E-state index in [2.05, 4.69) is 31.2 Å². The number of nitrogens with one attached hydrogen (secondary N) is 1. The third-order valence-electron chi connectivity index (χ3n) is 3.07. The third kappa shape index (κ3) is 3.01. The van der Waals surface area contributed by atoms with Crippen molar-refractivity contribution < 1.29 is 9.53 Å². The monoisotopic (exact) mass is 299 g/mol. The molecule has 0 saturated heterocycles. The molecule has 1 saturated carbocycles. The molecule has 0 atom stereocenters. The first-order valence-corrected chi connectivity index (χ1v) is 6.25. The minimum absolute atomic E-state index is 0.0804. The number of methoxy groups -OCH3 is 1. The Bertz CT molecular complexity index is 398. The quantitative estimate of drug-likeness (QED) is 0.925. The van der Waals surface area contributed by atoms with E-state index in [0.717, 1.165) is 19.3 Å². The highest BCUT2D eigenvalue weighted by Gasteiger charge is 2.39. The molecule has 6 heteroatoms. The van der Waals surface area contributed by atoms with Crippen LogP contribution in [0.15, 0.2) is 17.0 Å².